The lowest BCUT2D eigenvalue weighted by Gasteiger charge is -2.21. The third kappa shape index (κ3) is 4.81. The second-order valence-corrected chi connectivity index (χ2v) is 8.34. The molecular formula is C20H19F2N7O2S. The number of hydrogen-bond acceptors (Lipinski definition) is 7. The molecule has 0 atom stereocenters. The Morgan fingerprint density at radius 2 is 1.88 bits per heavy atom. The van der Waals surface area contributed by atoms with Crippen molar-refractivity contribution in [3.63, 3.8) is 0 Å². The molecule has 5 N–H and O–H groups in total. The van der Waals surface area contributed by atoms with Crippen LogP contribution >= 0.6 is 0 Å². The molecule has 0 unspecified atom stereocenters. The highest BCUT2D eigenvalue weighted by Crippen LogP contribution is 2.28. The van der Waals surface area contributed by atoms with Crippen LogP contribution in [0.3, 0.4) is 0 Å². The molecule has 3 aromatic rings. The Labute approximate surface area is 183 Å². The van der Waals surface area contributed by atoms with Crippen LogP contribution in [-0.2, 0) is 10.0 Å². The molecule has 0 aliphatic rings. The van der Waals surface area contributed by atoms with Gasteiger partial charge in [0.05, 0.1) is 11.8 Å². The van der Waals surface area contributed by atoms with E-state index >= 15 is 0 Å². The molecule has 0 saturated heterocycles. The molecule has 0 bridgehead atoms. The summed E-state index contributed by atoms with van der Waals surface area (Å²) in [6.07, 6.45) is 2.50. The van der Waals surface area contributed by atoms with E-state index in [0.29, 0.717) is 16.8 Å². The molecule has 2 aromatic carbocycles. The second-order valence-electron chi connectivity index (χ2n) is 6.59. The minimum Gasteiger partial charge on any atom is -0.383 e. The van der Waals surface area contributed by atoms with Crippen molar-refractivity contribution >= 4 is 39.8 Å². The standard InChI is InChI=1S/C20H19F2N7O2S/c1-25-29(17-8-4-7-16(21)18(17)22)20(27-24)15-10-13(11-26-19(15)23)12-5-3-6-14(9-12)28-32(2,30)31/h3-11,28H,1,24H2,2H3,(H2,23,26)/b27-20-. The van der Waals surface area contributed by atoms with Gasteiger partial charge in [-0.15, -0.1) is 0 Å². The van der Waals surface area contributed by atoms with Crippen LogP contribution in [0.5, 0.6) is 0 Å². The third-order valence-corrected chi connectivity index (χ3v) is 4.89. The van der Waals surface area contributed by atoms with Crippen molar-refractivity contribution in [2.75, 3.05) is 21.7 Å². The highest BCUT2D eigenvalue weighted by atomic mass is 32.2. The van der Waals surface area contributed by atoms with Crippen molar-refractivity contribution in [2.24, 2.45) is 16.0 Å². The molecule has 0 fully saturated rings. The van der Waals surface area contributed by atoms with Gasteiger partial charge in [0.2, 0.25) is 10.0 Å². The van der Waals surface area contributed by atoms with Gasteiger partial charge in [0.1, 0.15) is 11.5 Å². The number of hydrogen-bond donors (Lipinski definition) is 3. The van der Waals surface area contributed by atoms with Crippen LogP contribution in [0.25, 0.3) is 11.1 Å². The number of rotatable bonds is 6. The van der Waals surface area contributed by atoms with Gasteiger partial charge < -0.3 is 11.6 Å². The number of benzene rings is 2. The van der Waals surface area contributed by atoms with Crippen molar-refractivity contribution in [3.8, 4) is 11.1 Å². The minimum atomic E-state index is -3.47. The van der Waals surface area contributed by atoms with Crippen LogP contribution in [0.4, 0.5) is 26.0 Å². The Bertz CT molecular complexity index is 1310. The second kappa shape index (κ2) is 8.98. The number of nitrogens with one attached hydrogen (secondary N) is 1. The van der Waals surface area contributed by atoms with E-state index in [9.17, 15) is 17.2 Å². The number of nitrogens with two attached hydrogens (primary N) is 2. The normalized spacial score (nSPS) is 11.8. The summed E-state index contributed by atoms with van der Waals surface area (Å²) in [7, 11) is -3.47. The molecule has 0 aliphatic heterocycles. The van der Waals surface area contributed by atoms with Gasteiger partial charge in [0.25, 0.3) is 0 Å². The van der Waals surface area contributed by atoms with Crippen LogP contribution in [0, 0.1) is 11.6 Å². The van der Waals surface area contributed by atoms with E-state index in [1.54, 1.807) is 30.3 Å². The first-order valence-corrected chi connectivity index (χ1v) is 10.9. The van der Waals surface area contributed by atoms with Gasteiger partial charge in [-0.2, -0.15) is 10.2 Å². The highest BCUT2D eigenvalue weighted by Gasteiger charge is 2.23. The quantitative estimate of drug-likeness (QED) is 0.224. The first-order valence-electron chi connectivity index (χ1n) is 8.97. The SMILES string of the molecule is C=NN(/C(=N\N)c1cc(-c2cccc(NS(C)(=O)=O)c2)cnc1N)c1cccc(F)c1F. The number of aromatic nitrogens is 1. The number of halogens is 2. The fourth-order valence-electron chi connectivity index (χ4n) is 2.94. The van der Waals surface area contributed by atoms with E-state index in [2.05, 4.69) is 26.6 Å². The van der Waals surface area contributed by atoms with Gasteiger partial charge in [0, 0.05) is 24.2 Å². The van der Waals surface area contributed by atoms with E-state index in [0.717, 1.165) is 17.3 Å². The lowest BCUT2D eigenvalue weighted by molar-refractivity contribution is 0.509. The summed E-state index contributed by atoms with van der Waals surface area (Å²) in [5.74, 6) is 3.12. The van der Waals surface area contributed by atoms with Gasteiger partial charge in [-0.1, -0.05) is 18.2 Å². The van der Waals surface area contributed by atoms with Gasteiger partial charge in [-0.3, -0.25) is 4.72 Å². The lowest BCUT2D eigenvalue weighted by atomic mass is 10.0. The van der Waals surface area contributed by atoms with Crippen LogP contribution in [0.1, 0.15) is 5.56 Å². The maximum atomic E-state index is 14.4. The fraction of sp³-hybridized carbons (Fsp3) is 0.0500. The van der Waals surface area contributed by atoms with Crippen LogP contribution in [0.2, 0.25) is 0 Å². The number of hydrazone groups is 2. The number of pyridine rings is 1. The van der Waals surface area contributed by atoms with E-state index in [4.69, 9.17) is 11.6 Å². The van der Waals surface area contributed by atoms with E-state index in [1.807, 2.05) is 0 Å². The zero-order chi connectivity index (χ0) is 23.5. The predicted octanol–water partition coefficient (Wildman–Crippen LogP) is 2.72. The number of nitrogen functional groups attached to an aromatic ring is 1. The van der Waals surface area contributed by atoms with Gasteiger partial charge in [-0.25, -0.2) is 27.2 Å². The average molecular weight is 459 g/mol. The monoisotopic (exact) mass is 459 g/mol. The average Bonchev–Trinajstić information content (AvgIpc) is 2.74. The third-order valence-electron chi connectivity index (χ3n) is 4.28. The molecule has 1 aromatic heterocycles. The number of nitrogens with zero attached hydrogens (tertiary/aromatic N) is 4. The van der Waals surface area contributed by atoms with Gasteiger partial charge in [0.15, 0.2) is 17.5 Å². The Hall–Kier alpha value is -4.06. The number of amidine groups is 1. The molecule has 0 aliphatic carbocycles. The molecule has 166 valence electrons. The molecule has 1 heterocycles. The van der Waals surface area contributed by atoms with Crippen molar-refractivity contribution in [1.29, 1.82) is 0 Å². The summed E-state index contributed by atoms with van der Waals surface area (Å²) < 4.78 is 53.5. The van der Waals surface area contributed by atoms with Crippen molar-refractivity contribution < 1.29 is 17.2 Å². The minimum absolute atomic E-state index is 0.00572. The van der Waals surface area contributed by atoms with Gasteiger partial charge in [-0.05, 0) is 35.9 Å². The largest absolute Gasteiger partial charge is 0.383 e. The Morgan fingerprint density at radius 1 is 1.16 bits per heavy atom. The van der Waals surface area contributed by atoms with E-state index in [1.165, 1.54) is 18.3 Å². The molecule has 0 amide bonds. The molecule has 9 nitrogen and oxygen atoms in total. The summed E-state index contributed by atoms with van der Waals surface area (Å²) >= 11 is 0. The fourth-order valence-corrected chi connectivity index (χ4v) is 3.50. The van der Waals surface area contributed by atoms with E-state index < -0.39 is 21.7 Å². The molecule has 0 radical (unpaired) electrons. The number of sulfonamides is 1. The molecule has 0 saturated carbocycles. The van der Waals surface area contributed by atoms with E-state index in [-0.39, 0.29) is 22.9 Å². The first kappa shape index (κ1) is 22.6. The van der Waals surface area contributed by atoms with Crippen molar-refractivity contribution in [3.05, 3.63) is 71.9 Å². The molecular weight excluding hydrogens is 440 g/mol. The topological polar surface area (TPSA) is 139 Å². The zero-order valence-electron chi connectivity index (χ0n) is 16.8. The highest BCUT2D eigenvalue weighted by molar-refractivity contribution is 7.92. The maximum Gasteiger partial charge on any atom is 0.229 e. The van der Waals surface area contributed by atoms with Crippen LogP contribution in [-0.4, -0.2) is 32.2 Å². The van der Waals surface area contributed by atoms with Crippen molar-refractivity contribution in [1.82, 2.24) is 4.98 Å². The summed E-state index contributed by atoms with van der Waals surface area (Å²) in [4.78, 5) is 4.13. The number of anilines is 3. The summed E-state index contributed by atoms with van der Waals surface area (Å²) in [6, 6.07) is 11.6. The van der Waals surface area contributed by atoms with Crippen molar-refractivity contribution in [2.45, 2.75) is 0 Å². The smallest absolute Gasteiger partial charge is 0.229 e. The Morgan fingerprint density at radius 3 is 2.53 bits per heavy atom. The van der Waals surface area contributed by atoms with Crippen LogP contribution in [0.15, 0.2) is 64.9 Å². The summed E-state index contributed by atoms with van der Waals surface area (Å²) in [5.41, 5.74) is 7.35. The first-order chi connectivity index (χ1) is 15.1. The molecule has 3 rings (SSSR count). The Kier molecular flexibility index (Phi) is 6.35. The zero-order valence-corrected chi connectivity index (χ0v) is 17.6. The summed E-state index contributed by atoms with van der Waals surface area (Å²) in [6.45, 7) is 3.38. The molecule has 12 heteroatoms. The molecule has 0 spiro atoms. The lowest BCUT2D eigenvalue weighted by Crippen LogP contribution is -2.29. The maximum absolute atomic E-state index is 14.4. The van der Waals surface area contributed by atoms with Crippen LogP contribution < -0.4 is 21.3 Å². The predicted molar refractivity (Wildman–Crippen MR) is 122 cm³/mol. The summed E-state index contributed by atoms with van der Waals surface area (Å²) in [5, 5.41) is 8.26. The molecule has 32 heavy (non-hydrogen) atoms. The van der Waals surface area contributed by atoms with Gasteiger partial charge >= 0.3 is 0 Å². The Balaban J connectivity index is 2.09.